The monoisotopic (exact) mass is 675 g/mol. The molecule has 0 aliphatic heterocycles. The van der Waals surface area contributed by atoms with Crippen molar-refractivity contribution in [1.82, 2.24) is 4.90 Å². The van der Waals surface area contributed by atoms with Gasteiger partial charge < -0.3 is 4.90 Å². The molecule has 4 aromatic carbocycles. The molecule has 0 N–H and O–H groups in total. The largest absolute Gasteiger partial charge is 0.384 e. The van der Waals surface area contributed by atoms with Crippen molar-refractivity contribution < 1.29 is 65.9 Å². The third kappa shape index (κ3) is 4.83. The number of hydrogen-bond donors (Lipinski definition) is 0. The van der Waals surface area contributed by atoms with Gasteiger partial charge in [0.1, 0.15) is 0 Å². The molecule has 0 aromatic heterocycles. The van der Waals surface area contributed by atoms with Crippen LogP contribution in [0.15, 0.2) is 36.5 Å². The second-order valence-electron chi connectivity index (χ2n) is 9.46. The van der Waals surface area contributed by atoms with Crippen LogP contribution in [0.3, 0.4) is 0 Å². The highest BCUT2D eigenvalue weighted by atomic mass is 28.3. The molecule has 4 rings (SSSR count). The summed E-state index contributed by atoms with van der Waals surface area (Å²) in [5.74, 6) is -45.4. The number of nitrogens with zero attached hydrogens (tertiary/aromatic N) is 1. The van der Waals surface area contributed by atoms with E-state index in [0.717, 1.165) is 43.3 Å². The van der Waals surface area contributed by atoms with Crippen molar-refractivity contribution in [3.05, 3.63) is 129 Å². The van der Waals surface area contributed by atoms with Gasteiger partial charge in [-0.25, -0.2) is 65.9 Å². The van der Waals surface area contributed by atoms with Gasteiger partial charge in [-0.15, -0.1) is 0 Å². The zero-order valence-electron chi connectivity index (χ0n) is 22.1. The van der Waals surface area contributed by atoms with E-state index < -0.39 is 122 Å². The van der Waals surface area contributed by atoms with Crippen LogP contribution in [0, 0.1) is 87.3 Å². The van der Waals surface area contributed by atoms with Crippen molar-refractivity contribution in [3.8, 4) is 0 Å². The van der Waals surface area contributed by atoms with Crippen molar-refractivity contribution >= 4 is 28.8 Å². The average Bonchev–Trinajstić information content (AvgIpc) is 3.01. The van der Waals surface area contributed by atoms with Crippen LogP contribution in [0.5, 0.6) is 0 Å². The van der Waals surface area contributed by atoms with Crippen LogP contribution >= 0.6 is 0 Å². The highest BCUT2D eigenvalue weighted by Gasteiger charge is 2.58. The van der Waals surface area contributed by atoms with E-state index in [1.807, 2.05) is 0 Å². The Labute approximate surface area is 243 Å². The van der Waals surface area contributed by atoms with Gasteiger partial charge in [0.25, 0.3) is 0 Å². The lowest BCUT2D eigenvalue weighted by Gasteiger charge is -2.38. The molecule has 0 bridgehead atoms. The Hall–Kier alpha value is -4.41. The van der Waals surface area contributed by atoms with Gasteiger partial charge in [-0.1, -0.05) is 30.3 Å². The smallest absolute Gasteiger partial charge is 0.203 e. The summed E-state index contributed by atoms with van der Waals surface area (Å²) in [6.07, 6.45) is 0.468. The third-order valence-corrected chi connectivity index (χ3v) is 11.4. The van der Waals surface area contributed by atoms with E-state index in [1.165, 1.54) is 6.07 Å². The zero-order chi connectivity index (χ0) is 33.9. The molecular weight excluding hydrogens is 663 g/mol. The maximum atomic E-state index is 15.8. The van der Waals surface area contributed by atoms with E-state index in [4.69, 9.17) is 0 Å². The molecule has 238 valence electrons. The maximum absolute atomic E-state index is 15.8. The molecule has 0 saturated heterocycles. The van der Waals surface area contributed by atoms with Gasteiger partial charge in [0, 0.05) is 29.7 Å². The highest BCUT2D eigenvalue weighted by molar-refractivity contribution is 7.23. The van der Waals surface area contributed by atoms with Crippen LogP contribution in [0.25, 0.3) is 5.20 Å². The molecule has 0 saturated carbocycles. The predicted octanol–water partition coefficient (Wildman–Crippen LogP) is 6.39. The second-order valence-corrected chi connectivity index (χ2v) is 13.0. The Morgan fingerprint density at radius 1 is 0.422 bits per heavy atom. The minimum atomic E-state index is -7.25. The molecule has 0 unspecified atom stereocenters. The van der Waals surface area contributed by atoms with E-state index in [1.54, 1.807) is 0 Å². The molecule has 45 heavy (non-hydrogen) atoms. The van der Waals surface area contributed by atoms with E-state index in [9.17, 15) is 39.5 Å². The first-order chi connectivity index (χ1) is 20.9. The lowest BCUT2D eigenvalue weighted by molar-refractivity contribution is 0.380. The Kier molecular flexibility index (Phi) is 8.80. The summed E-state index contributed by atoms with van der Waals surface area (Å²) in [4.78, 5) is 0.772. The molecule has 0 amide bonds. The van der Waals surface area contributed by atoms with Gasteiger partial charge in [-0.2, -0.15) is 0 Å². The fourth-order valence-corrected chi connectivity index (χ4v) is 10.1. The first-order valence-electron chi connectivity index (χ1n) is 11.9. The first-order valence-corrected chi connectivity index (χ1v) is 13.9. The molecule has 0 aliphatic rings. The summed E-state index contributed by atoms with van der Waals surface area (Å²) >= 11 is 0. The van der Waals surface area contributed by atoms with Crippen LogP contribution in [-0.2, 0) is 0 Å². The Balaban J connectivity index is 2.63. The molecular formula is C28H12F15NSi. The highest BCUT2D eigenvalue weighted by Crippen LogP contribution is 2.35. The van der Waals surface area contributed by atoms with Crippen molar-refractivity contribution in [2.75, 3.05) is 14.1 Å². The molecule has 1 nitrogen and oxygen atoms in total. The Morgan fingerprint density at radius 3 is 0.911 bits per heavy atom. The SMILES string of the molecule is CN(C)/C=C(/c1ccccc1)[Si](c1c(F)c(F)c(F)c(F)c1F)(c1c(F)c(F)c(F)c(F)c1F)c1c(F)c(F)c(F)c(F)c1F. The van der Waals surface area contributed by atoms with Gasteiger partial charge in [0.05, 0.1) is 0 Å². The lowest BCUT2D eigenvalue weighted by Crippen LogP contribution is -2.74. The fraction of sp³-hybridized carbons (Fsp3) is 0.0714. The van der Waals surface area contributed by atoms with Crippen molar-refractivity contribution in [2.45, 2.75) is 0 Å². The Morgan fingerprint density at radius 2 is 0.667 bits per heavy atom. The van der Waals surface area contributed by atoms with Gasteiger partial charge in [0.15, 0.2) is 69.8 Å². The van der Waals surface area contributed by atoms with Crippen LogP contribution in [0.1, 0.15) is 5.56 Å². The van der Waals surface area contributed by atoms with Gasteiger partial charge in [-0.05, 0) is 17.0 Å². The normalized spacial score (nSPS) is 12.2. The summed E-state index contributed by atoms with van der Waals surface area (Å²) < 4.78 is 226. The van der Waals surface area contributed by atoms with Crippen molar-refractivity contribution in [1.29, 1.82) is 0 Å². The molecule has 0 fully saturated rings. The summed E-state index contributed by atoms with van der Waals surface area (Å²) in [5.41, 5.74) is -0.699. The summed E-state index contributed by atoms with van der Waals surface area (Å²) in [6, 6.07) is 4.94. The van der Waals surface area contributed by atoms with E-state index in [0.29, 0.717) is 6.20 Å². The minimum Gasteiger partial charge on any atom is -0.384 e. The quantitative estimate of drug-likeness (QED) is 0.0754. The number of rotatable bonds is 6. The minimum absolute atomic E-state index is 0.468. The second kappa shape index (κ2) is 11.8. The molecule has 4 aromatic rings. The van der Waals surface area contributed by atoms with Crippen LogP contribution in [-0.4, -0.2) is 27.1 Å². The van der Waals surface area contributed by atoms with Crippen molar-refractivity contribution in [3.63, 3.8) is 0 Å². The van der Waals surface area contributed by atoms with Crippen molar-refractivity contribution in [2.24, 2.45) is 0 Å². The van der Waals surface area contributed by atoms with E-state index in [-0.39, 0.29) is 0 Å². The standard InChI is InChI=1S/C28H12F15NSi/c1-44(2)8-10(9-6-4-3-5-7-9)45(26-20(38)14(32)11(29)15(33)21(26)39,27-22(40)16(34)12(30)17(35)23(27)41)28-24(42)18(36)13(31)19(37)25(28)43/h3-8H,1-2H3/b10-8-. The Bertz CT molecular complexity index is 1640. The third-order valence-electron chi connectivity index (χ3n) is 6.63. The van der Waals surface area contributed by atoms with Gasteiger partial charge in [0.2, 0.25) is 25.5 Å². The summed E-state index contributed by atoms with van der Waals surface area (Å²) in [7, 11) is -5.23. The fourth-order valence-electron chi connectivity index (χ4n) is 4.85. The summed E-state index contributed by atoms with van der Waals surface area (Å²) in [6.45, 7) is 0. The summed E-state index contributed by atoms with van der Waals surface area (Å²) in [5, 5.41) is -9.21. The topological polar surface area (TPSA) is 3.24 Å². The van der Waals surface area contributed by atoms with E-state index >= 15 is 26.3 Å². The predicted molar refractivity (Wildman–Crippen MR) is 131 cm³/mol. The number of benzene rings is 4. The van der Waals surface area contributed by atoms with Gasteiger partial charge in [-0.3, -0.25) is 0 Å². The number of halogens is 15. The molecule has 0 aliphatic carbocycles. The van der Waals surface area contributed by atoms with Crippen LogP contribution in [0.4, 0.5) is 65.9 Å². The van der Waals surface area contributed by atoms with E-state index in [2.05, 4.69) is 0 Å². The molecule has 0 atom stereocenters. The lowest BCUT2D eigenvalue weighted by atomic mass is 10.2. The van der Waals surface area contributed by atoms with Crippen LogP contribution in [0.2, 0.25) is 0 Å². The molecule has 0 heterocycles. The van der Waals surface area contributed by atoms with Gasteiger partial charge >= 0.3 is 0 Å². The average molecular weight is 675 g/mol. The first kappa shape index (κ1) is 33.5. The number of hydrogen-bond acceptors (Lipinski definition) is 1. The molecule has 0 spiro atoms. The molecule has 0 radical (unpaired) electrons. The zero-order valence-corrected chi connectivity index (χ0v) is 23.1. The molecule has 17 heteroatoms. The maximum Gasteiger partial charge on any atom is 0.203 e. The van der Waals surface area contributed by atoms with Crippen LogP contribution < -0.4 is 15.6 Å².